The zero-order valence-electron chi connectivity index (χ0n) is 24.9. The van der Waals surface area contributed by atoms with Crippen LogP contribution in [0, 0.1) is 45.3 Å². The van der Waals surface area contributed by atoms with Gasteiger partial charge in [-0.2, -0.15) is 0 Å². The lowest BCUT2D eigenvalue weighted by molar-refractivity contribution is -0.149. The Kier molecular flexibility index (Phi) is 7.45. The highest BCUT2D eigenvalue weighted by Crippen LogP contribution is 2.70. The summed E-state index contributed by atoms with van der Waals surface area (Å²) in [6.45, 7) is 15.5. The second-order valence-corrected chi connectivity index (χ2v) is 14.1. The van der Waals surface area contributed by atoms with E-state index in [0.717, 1.165) is 0 Å². The lowest BCUT2D eigenvalue weighted by Gasteiger charge is -2.59. The van der Waals surface area contributed by atoms with Crippen LogP contribution in [0.15, 0.2) is 11.1 Å². The first-order chi connectivity index (χ1) is 18.0. The minimum absolute atomic E-state index is 0.0463. The molecule has 0 aromatic rings. The van der Waals surface area contributed by atoms with Crippen LogP contribution < -0.4 is 0 Å². The number of Topliss-reactive ketones (excluding diaryl/α,β-unsaturated/α-hetero) is 4. The molecule has 0 radical (unpaired) electrons. The van der Waals surface area contributed by atoms with Gasteiger partial charge in [0.25, 0.3) is 0 Å². The molecule has 4 aliphatic rings. The molecule has 7 nitrogen and oxygen atoms in total. The maximum atomic E-state index is 14.1. The van der Waals surface area contributed by atoms with Gasteiger partial charge >= 0.3 is 5.97 Å². The molecule has 0 bridgehead atoms. The molecule has 0 aliphatic heterocycles. The Labute approximate surface area is 232 Å². The molecule has 1 unspecified atom stereocenters. The predicted octanol–water partition coefficient (Wildman–Crippen LogP) is 4.82. The lowest BCUT2D eigenvalue weighted by Crippen LogP contribution is -2.59. The van der Waals surface area contributed by atoms with Gasteiger partial charge in [0.15, 0.2) is 11.6 Å². The highest BCUT2D eigenvalue weighted by molar-refractivity contribution is 6.12. The Hall–Kier alpha value is -2.15. The topological polar surface area (TPSA) is 115 Å². The number of ketones is 4. The molecule has 1 N–H and O–H groups in total. The molecule has 7 heteroatoms. The Balaban J connectivity index is 1.68. The van der Waals surface area contributed by atoms with E-state index in [1.54, 1.807) is 13.8 Å². The van der Waals surface area contributed by atoms with Crippen LogP contribution >= 0.6 is 0 Å². The number of carbonyl (C=O) groups excluding carboxylic acids is 5. The zero-order valence-corrected chi connectivity index (χ0v) is 24.9. The first-order valence-corrected chi connectivity index (χ1v) is 14.7. The number of ether oxygens (including phenoxy) is 1. The Bertz CT molecular complexity index is 1150. The van der Waals surface area contributed by atoms with Crippen LogP contribution in [0.25, 0.3) is 0 Å². The molecule has 0 heterocycles. The van der Waals surface area contributed by atoms with Crippen molar-refractivity contribution in [3.05, 3.63) is 11.1 Å². The van der Waals surface area contributed by atoms with Gasteiger partial charge in [-0.25, -0.2) is 0 Å². The maximum Gasteiger partial charge on any atom is 0.309 e. The molecular weight excluding hydrogens is 496 g/mol. The summed E-state index contributed by atoms with van der Waals surface area (Å²) in [7, 11) is 0. The van der Waals surface area contributed by atoms with Gasteiger partial charge in [-0.15, -0.1) is 0 Å². The van der Waals surface area contributed by atoms with Gasteiger partial charge in [-0.1, -0.05) is 48.5 Å². The normalized spacial score (nSPS) is 39.0. The standard InChI is InChI=1S/C32H46O7/c1-9-39-28(38)18(3)13-19(33)12-17(2)20-14-25(37)32(8)27-21(34)15-23-29(4,5)24(36)10-11-30(23,6)26(27)22(35)16-31(20,32)7/h17-18,20,23,25,37H,9-16H2,1-8H3/t17-,18?,20-,23+,25+,30+,31-,32+/m1/s1. The first kappa shape index (κ1) is 29.8. The van der Waals surface area contributed by atoms with Crippen LogP contribution in [0.3, 0.4) is 0 Å². The van der Waals surface area contributed by atoms with Crippen LogP contribution in [-0.2, 0) is 28.7 Å². The van der Waals surface area contributed by atoms with E-state index in [4.69, 9.17) is 4.74 Å². The fourth-order valence-electron chi connectivity index (χ4n) is 9.20. The van der Waals surface area contributed by atoms with E-state index in [0.29, 0.717) is 30.4 Å². The SMILES string of the molecule is CCOC(=O)C(C)CC(=O)C[C@@H](C)[C@H]1C[C@H](O)[C@@]2(C)C3=C(C(=O)C[C@]12C)[C@@]1(C)CCC(=O)C(C)(C)[C@@H]1CC3=O. The van der Waals surface area contributed by atoms with Crippen LogP contribution in [0.1, 0.15) is 100 Å². The van der Waals surface area contributed by atoms with E-state index < -0.39 is 33.7 Å². The van der Waals surface area contributed by atoms with Crippen molar-refractivity contribution in [2.75, 3.05) is 6.61 Å². The van der Waals surface area contributed by atoms with Gasteiger partial charge in [0, 0.05) is 59.5 Å². The minimum atomic E-state index is -0.924. The molecule has 0 saturated heterocycles. The Morgan fingerprint density at radius 3 is 2.26 bits per heavy atom. The smallest absolute Gasteiger partial charge is 0.309 e. The van der Waals surface area contributed by atoms with Gasteiger partial charge in [0.1, 0.15) is 11.6 Å². The van der Waals surface area contributed by atoms with Gasteiger partial charge in [-0.3, -0.25) is 24.0 Å². The molecule has 0 spiro atoms. The minimum Gasteiger partial charge on any atom is -0.466 e. The Morgan fingerprint density at radius 1 is 1.00 bits per heavy atom. The molecule has 4 aliphatic carbocycles. The van der Waals surface area contributed by atoms with Crippen molar-refractivity contribution < 1.29 is 33.8 Å². The monoisotopic (exact) mass is 542 g/mol. The van der Waals surface area contributed by atoms with E-state index in [-0.39, 0.29) is 79.1 Å². The highest BCUT2D eigenvalue weighted by Gasteiger charge is 2.70. The summed E-state index contributed by atoms with van der Waals surface area (Å²) in [5.41, 5.74) is -1.88. The molecule has 0 aromatic carbocycles. The Morgan fingerprint density at radius 2 is 1.64 bits per heavy atom. The van der Waals surface area contributed by atoms with Crippen molar-refractivity contribution in [2.45, 2.75) is 106 Å². The fourth-order valence-corrected chi connectivity index (χ4v) is 9.20. The van der Waals surface area contributed by atoms with E-state index >= 15 is 0 Å². The number of carbonyl (C=O) groups is 5. The van der Waals surface area contributed by atoms with Crippen molar-refractivity contribution in [2.24, 2.45) is 45.3 Å². The summed E-state index contributed by atoms with van der Waals surface area (Å²) >= 11 is 0. The van der Waals surface area contributed by atoms with E-state index in [1.165, 1.54) is 0 Å². The van der Waals surface area contributed by atoms with E-state index in [1.807, 2.05) is 41.5 Å². The molecule has 216 valence electrons. The molecule has 4 rings (SSSR count). The largest absolute Gasteiger partial charge is 0.466 e. The molecule has 39 heavy (non-hydrogen) atoms. The van der Waals surface area contributed by atoms with E-state index in [2.05, 4.69) is 0 Å². The van der Waals surface area contributed by atoms with Gasteiger partial charge in [-0.05, 0) is 42.9 Å². The summed E-state index contributed by atoms with van der Waals surface area (Å²) in [4.78, 5) is 65.9. The van der Waals surface area contributed by atoms with Gasteiger partial charge in [0.05, 0.1) is 18.6 Å². The molecule has 0 aromatic heterocycles. The molecule has 0 amide bonds. The number of allylic oxidation sites excluding steroid dienone is 1. The van der Waals surface area contributed by atoms with Crippen molar-refractivity contribution in [1.29, 1.82) is 0 Å². The number of fused-ring (bicyclic) bond motifs is 4. The molecule has 2 saturated carbocycles. The number of esters is 1. The number of hydrogen-bond acceptors (Lipinski definition) is 7. The van der Waals surface area contributed by atoms with Crippen LogP contribution in [0.5, 0.6) is 0 Å². The van der Waals surface area contributed by atoms with Crippen molar-refractivity contribution in [1.82, 2.24) is 0 Å². The summed E-state index contributed by atoms with van der Waals surface area (Å²) < 4.78 is 5.04. The van der Waals surface area contributed by atoms with Crippen molar-refractivity contribution in [3.63, 3.8) is 0 Å². The quantitative estimate of drug-likeness (QED) is 0.459. The summed E-state index contributed by atoms with van der Waals surface area (Å²) in [6, 6.07) is 0. The average Bonchev–Trinajstić information content (AvgIpc) is 3.04. The molecular formula is C32H46O7. The highest BCUT2D eigenvalue weighted by atomic mass is 16.5. The molecule has 2 fully saturated rings. The number of aliphatic hydroxyl groups excluding tert-OH is 1. The lowest BCUT2D eigenvalue weighted by atomic mass is 9.42. The van der Waals surface area contributed by atoms with Crippen molar-refractivity contribution in [3.8, 4) is 0 Å². The second-order valence-electron chi connectivity index (χ2n) is 14.1. The van der Waals surface area contributed by atoms with Gasteiger partial charge < -0.3 is 9.84 Å². The number of aliphatic hydroxyl groups is 1. The summed E-state index contributed by atoms with van der Waals surface area (Å²) in [6.07, 6.45) is 1.20. The maximum absolute atomic E-state index is 14.1. The fraction of sp³-hybridized carbons (Fsp3) is 0.781. The van der Waals surface area contributed by atoms with Crippen molar-refractivity contribution >= 4 is 29.1 Å². The molecule has 8 atom stereocenters. The van der Waals surface area contributed by atoms with Crippen LogP contribution in [-0.4, -0.2) is 46.9 Å². The third-order valence-corrected chi connectivity index (χ3v) is 11.7. The summed E-state index contributed by atoms with van der Waals surface area (Å²) in [5.74, 6) is -1.54. The zero-order chi connectivity index (χ0) is 29.3. The average molecular weight is 543 g/mol. The predicted molar refractivity (Wildman–Crippen MR) is 145 cm³/mol. The third-order valence-electron chi connectivity index (χ3n) is 11.7. The second kappa shape index (κ2) is 9.74. The third kappa shape index (κ3) is 4.20. The number of rotatable bonds is 7. The summed E-state index contributed by atoms with van der Waals surface area (Å²) in [5, 5.41) is 11.6. The first-order valence-electron chi connectivity index (χ1n) is 14.7. The van der Waals surface area contributed by atoms with E-state index in [9.17, 15) is 29.1 Å². The van der Waals surface area contributed by atoms with Crippen LogP contribution in [0.4, 0.5) is 0 Å². The van der Waals surface area contributed by atoms with Gasteiger partial charge in [0.2, 0.25) is 0 Å². The number of hydrogen-bond donors (Lipinski definition) is 1. The van der Waals surface area contributed by atoms with Crippen LogP contribution in [0.2, 0.25) is 0 Å².